The van der Waals surface area contributed by atoms with E-state index in [1.54, 1.807) is 36.4 Å². The third kappa shape index (κ3) is 6.49. The molecule has 0 radical (unpaired) electrons. The molecule has 8 heteroatoms. The molecule has 0 aromatic heterocycles. The van der Waals surface area contributed by atoms with Gasteiger partial charge in [0.05, 0.1) is 4.90 Å². The van der Waals surface area contributed by atoms with Crippen molar-refractivity contribution in [2.45, 2.75) is 87.7 Å². The van der Waals surface area contributed by atoms with E-state index in [0.717, 1.165) is 31.2 Å². The zero-order valence-corrected chi connectivity index (χ0v) is 20.9. The monoisotopic (exact) mass is 497 g/mol. The van der Waals surface area contributed by atoms with Crippen LogP contribution in [-0.2, 0) is 16.6 Å². The summed E-state index contributed by atoms with van der Waals surface area (Å²) in [6, 6.07) is 13.6. The standard InChI is InChI=1S/C27H35N3O4S/c28-35(33,34)25-17-11-20(12-18-25)19-29-26(31)21-13-15-22(16-14-21)27(32)30(23-7-3-1-4-8-23)24-9-5-2-6-10-24/h11-18,23-24H,1-10,19H2,(H,29,31)(H2,28,33,34). The van der Waals surface area contributed by atoms with Crippen molar-refractivity contribution < 1.29 is 18.0 Å². The van der Waals surface area contributed by atoms with Crippen LogP contribution in [0.1, 0.15) is 90.5 Å². The highest BCUT2D eigenvalue weighted by atomic mass is 32.2. The molecule has 2 aliphatic rings. The SMILES string of the molecule is NS(=O)(=O)c1ccc(CNC(=O)c2ccc(C(=O)N(C3CCCCC3)C3CCCCC3)cc2)cc1. The topological polar surface area (TPSA) is 110 Å². The second-order valence-electron chi connectivity index (χ2n) is 9.75. The van der Waals surface area contributed by atoms with E-state index in [4.69, 9.17) is 5.14 Å². The van der Waals surface area contributed by atoms with E-state index >= 15 is 0 Å². The van der Waals surface area contributed by atoms with E-state index in [9.17, 15) is 18.0 Å². The number of primary sulfonamides is 1. The first-order valence-electron chi connectivity index (χ1n) is 12.7. The maximum absolute atomic E-state index is 13.6. The summed E-state index contributed by atoms with van der Waals surface area (Å²) in [5, 5.41) is 7.95. The van der Waals surface area contributed by atoms with Gasteiger partial charge in [-0.05, 0) is 67.6 Å². The zero-order chi connectivity index (χ0) is 24.8. The summed E-state index contributed by atoms with van der Waals surface area (Å²) in [7, 11) is -3.74. The van der Waals surface area contributed by atoms with Gasteiger partial charge in [-0.1, -0.05) is 50.7 Å². The van der Waals surface area contributed by atoms with Gasteiger partial charge < -0.3 is 10.2 Å². The first-order chi connectivity index (χ1) is 16.8. The van der Waals surface area contributed by atoms with Crippen molar-refractivity contribution in [3.05, 3.63) is 65.2 Å². The molecule has 4 rings (SSSR count). The normalized spacial score (nSPS) is 17.6. The van der Waals surface area contributed by atoms with E-state index in [-0.39, 0.29) is 23.3 Å². The summed E-state index contributed by atoms with van der Waals surface area (Å²) >= 11 is 0. The summed E-state index contributed by atoms with van der Waals surface area (Å²) in [5.41, 5.74) is 1.87. The summed E-state index contributed by atoms with van der Waals surface area (Å²) in [6.07, 6.45) is 11.6. The van der Waals surface area contributed by atoms with Gasteiger partial charge in [-0.2, -0.15) is 0 Å². The lowest BCUT2D eigenvalue weighted by Gasteiger charge is -2.42. The molecule has 0 heterocycles. The van der Waals surface area contributed by atoms with Crippen LogP contribution in [0.2, 0.25) is 0 Å². The number of sulfonamides is 1. The fourth-order valence-electron chi connectivity index (χ4n) is 5.34. The van der Waals surface area contributed by atoms with Crippen LogP contribution >= 0.6 is 0 Å². The molecule has 2 aliphatic carbocycles. The average molecular weight is 498 g/mol. The fourth-order valence-corrected chi connectivity index (χ4v) is 5.86. The Morgan fingerprint density at radius 2 is 1.26 bits per heavy atom. The fraction of sp³-hybridized carbons (Fsp3) is 0.481. The Kier molecular flexibility index (Phi) is 8.23. The van der Waals surface area contributed by atoms with Gasteiger partial charge in [0.15, 0.2) is 0 Å². The van der Waals surface area contributed by atoms with Gasteiger partial charge in [-0.15, -0.1) is 0 Å². The number of carbonyl (C=O) groups excluding carboxylic acids is 2. The minimum Gasteiger partial charge on any atom is -0.348 e. The van der Waals surface area contributed by atoms with Gasteiger partial charge >= 0.3 is 0 Å². The molecule has 2 saturated carbocycles. The Labute approximate surface area is 208 Å². The van der Waals surface area contributed by atoms with Crippen molar-refractivity contribution in [2.24, 2.45) is 5.14 Å². The first kappa shape index (κ1) is 25.4. The van der Waals surface area contributed by atoms with Crippen molar-refractivity contribution in [1.82, 2.24) is 10.2 Å². The van der Waals surface area contributed by atoms with Crippen molar-refractivity contribution in [3.63, 3.8) is 0 Å². The molecule has 35 heavy (non-hydrogen) atoms. The third-order valence-electron chi connectivity index (χ3n) is 7.27. The van der Waals surface area contributed by atoms with E-state index in [2.05, 4.69) is 10.2 Å². The lowest BCUT2D eigenvalue weighted by atomic mass is 9.88. The van der Waals surface area contributed by atoms with Crippen LogP contribution in [0.3, 0.4) is 0 Å². The Morgan fingerprint density at radius 1 is 0.771 bits per heavy atom. The van der Waals surface area contributed by atoms with Gasteiger partial charge in [-0.25, -0.2) is 13.6 Å². The molecule has 188 valence electrons. The van der Waals surface area contributed by atoms with Gasteiger partial charge in [-0.3, -0.25) is 9.59 Å². The predicted molar refractivity (Wildman–Crippen MR) is 135 cm³/mol. The Morgan fingerprint density at radius 3 is 1.74 bits per heavy atom. The Hall–Kier alpha value is -2.71. The first-order valence-corrected chi connectivity index (χ1v) is 14.2. The molecule has 3 N–H and O–H groups in total. The van der Waals surface area contributed by atoms with Gasteiger partial charge in [0.25, 0.3) is 11.8 Å². The lowest BCUT2D eigenvalue weighted by molar-refractivity contribution is 0.0448. The van der Waals surface area contributed by atoms with Crippen molar-refractivity contribution in [2.75, 3.05) is 0 Å². The summed E-state index contributed by atoms with van der Waals surface area (Å²) in [5.74, 6) is -0.165. The molecule has 2 amide bonds. The van der Waals surface area contributed by atoms with Gasteiger partial charge in [0.1, 0.15) is 0 Å². The number of hydrogen-bond acceptors (Lipinski definition) is 4. The number of nitrogens with one attached hydrogen (secondary N) is 1. The van der Waals surface area contributed by atoms with E-state index in [0.29, 0.717) is 23.2 Å². The van der Waals surface area contributed by atoms with E-state index in [1.807, 2.05) is 0 Å². The maximum Gasteiger partial charge on any atom is 0.254 e. The number of benzene rings is 2. The third-order valence-corrected chi connectivity index (χ3v) is 8.20. The Bertz CT molecular complexity index is 1100. The van der Waals surface area contributed by atoms with Crippen LogP contribution in [0, 0.1) is 0 Å². The van der Waals surface area contributed by atoms with Crippen molar-refractivity contribution >= 4 is 21.8 Å². The highest BCUT2D eigenvalue weighted by molar-refractivity contribution is 7.89. The molecular weight excluding hydrogens is 462 g/mol. The molecule has 2 fully saturated rings. The number of nitrogens with zero attached hydrogens (tertiary/aromatic N) is 1. The zero-order valence-electron chi connectivity index (χ0n) is 20.1. The molecule has 0 saturated heterocycles. The summed E-state index contributed by atoms with van der Waals surface area (Å²) < 4.78 is 22.7. The maximum atomic E-state index is 13.6. The number of nitrogens with two attached hydrogens (primary N) is 1. The molecule has 2 aromatic rings. The highest BCUT2D eigenvalue weighted by Gasteiger charge is 2.33. The Balaban J connectivity index is 1.40. The average Bonchev–Trinajstić information content (AvgIpc) is 2.88. The van der Waals surface area contributed by atoms with Gasteiger partial charge in [0.2, 0.25) is 10.0 Å². The second kappa shape index (κ2) is 11.4. The van der Waals surface area contributed by atoms with Crippen LogP contribution in [0.15, 0.2) is 53.4 Å². The van der Waals surface area contributed by atoms with Crippen molar-refractivity contribution in [3.8, 4) is 0 Å². The molecule has 0 spiro atoms. The summed E-state index contributed by atoms with van der Waals surface area (Å²) in [4.78, 5) is 28.4. The van der Waals surface area contributed by atoms with E-state index < -0.39 is 10.0 Å². The number of amides is 2. The predicted octanol–water partition coefficient (Wildman–Crippen LogP) is 4.37. The molecule has 0 atom stereocenters. The number of carbonyl (C=O) groups is 2. The number of hydrogen-bond donors (Lipinski definition) is 2. The molecule has 2 aromatic carbocycles. The second-order valence-corrected chi connectivity index (χ2v) is 11.3. The smallest absolute Gasteiger partial charge is 0.254 e. The van der Waals surface area contributed by atoms with Crippen LogP contribution in [-0.4, -0.2) is 37.2 Å². The molecule has 0 aliphatic heterocycles. The minimum absolute atomic E-state index is 0.0309. The van der Waals surface area contributed by atoms with Gasteiger partial charge in [0, 0.05) is 29.8 Å². The highest BCUT2D eigenvalue weighted by Crippen LogP contribution is 2.31. The van der Waals surface area contributed by atoms with Crippen LogP contribution in [0.5, 0.6) is 0 Å². The van der Waals surface area contributed by atoms with Crippen LogP contribution < -0.4 is 10.5 Å². The lowest BCUT2D eigenvalue weighted by Crippen LogP contribution is -2.48. The number of rotatable bonds is 7. The molecule has 0 unspecified atom stereocenters. The molecule has 7 nitrogen and oxygen atoms in total. The van der Waals surface area contributed by atoms with E-state index in [1.165, 1.54) is 50.7 Å². The molecular formula is C27H35N3O4S. The minimum atomic E-state index is -3.74. The summed E-state index contributed by atoms with van der Waals surface area (Å²) in [6.45, 7) is 0.252. The van der Waals surface area contributed by atoms with Crippen molar-refractivity contribution in [1.29, 1.82) is 0 Å². The molecule has 0 bridgehead atoms. The van der Waals surface area contributed by atoms with Crippen LogP contribution in [0.4, 0.5) is 0 Å². The van der Waals surface area contributed by atoms with Crippen LogP contribution in [0.25, 0.3) is 0 Å². The largest absolute Gasteiger partial charge is 0.348 e. The quantitative estimate of drug-likeness (QED) is 0.592.